The van der Waals surface area contributed by atoms with Crippen LogP contribution in [0.5, 0.6) is 0 Å². The molecule has 0 heterocycles. The molecule has 16 heteroatoms. The Kier molecular flexibility index (Phi) is 16.5. The van der Waals surface area contributed by atoms with Crippen molar-refractivity contribution >= 4 is 41.5 Å². The topological polar surface area (TPSA) is 281 Å². The van der Waals surface area contributed by atoms with Crippen molar-refractivity contribution in [2.75, 3.05) is 13.1 Å². The van der Waals surface area contributed by atoms with E-state index >= 15 is 0 Å². The number of carbonyl (C=O) groups is 6. The second-order valence-electron chi connectivity index (χ2n) is 9.89. The maximum atomic E-state index is 13.3. The molecule has 12 N–H and O–H groups in total. The van der Waals surface area contributed by atoms with E-state index in [4.69, 9.17) is 27.4 Å². The molecule has 0 aromatic carbocycles. The molecule has 0 bridgehead atoms. The highest BCUT2D eigenvalue weighted by Crippen LogP contribution is 2.12. The van der Waals surface area contributed by atoms with Crippen molar-refractivity contribution in [3.05, 3.63) is 0 Å². The molecule has 0 spiro atoms. The number of guanidine groups is 1. The van der Waals surface area contributed by atoms with Crippen molar-refractivity contribution in [1.82, 2.24) is 21.3 Å². The number of aliphatic imine (C=N–C) groups is 1. The van der Waals surface area contributed by atoms with Crippen LogP contribution in [0.25, 0.3) is 0 Å². The van der Waals surface area contributed by atoms with Gasteiger partial charge in [0.1, 0.15) is 24.7 Å². The summed E-state index contributed by atoms with van der Waals surface area (Å²) in [7, 11) is 0. The van der Waals surface area contributed by atoms with Gasteiger partial charge in [-0.2, -0.15) is 0 Å². The van der Waals surface area contributed by atoms with Gasteiger partial charge in [0.15, 0.2) is 5.96 Å². The molecule has 0 saturated heterocycles. The number of hydrogen-bond donors (Lipinski definition) is 9. The van der Waals surface area contributed by atoms with E-state index in [1.807, 2.05) is 13.8 Å². The Balaban J connectivity index is 5.78. The molecular weight excluding hydrogens is 528 g/mol. The minimum Gasteiger partial charge on any atom is -0.481 e. The number of hydrogen-bond acceptors (Lipinski definition) is 8. The zero-order chi connectivity index (χ0) is 31.0. The number of nitrogens with zero attached hydrogens (tertiary/aromatic N) is 1. The maximum absolute atomic E-state index is 13.3. The lowest BCUT2D eigenvalue weighted by atomic mass is 9.96. The van der Waals surface area contributed by atoms with Crippen LogP contribution in [0.15, 0.2) is 4.99 Å². The second kappa shape index (κ2) is 18.4. The number of rotatable bonds is 19. The van der Waals surface area contributed by atoms with Gasteiger partial charge in [-0.25, -0.2) is 0 Å². The molecule has 0 aromatic heterocycles. The molecule has 16 nitrogen and oxygen atoms in total. The second-order valence-corrected chi connectivity index (χ2v) is 9.89. The Morgan fingerprint density at radius 2 is 1.43 bits per heavy atom. The van der Waals surface area contributed by atoms with E-state index < -0.39 is 78.6 Å². The van der Waals surface area contributed by atoms with Crippen LogP contribution < -0.4 is 38.5 Å². The van der Waals surface area contributed by atoms with Gasteiger partial charge in [0.25, 0.3) is 0 Å². The Bertz CT molecular complexity index is 923. The molecule has 0 unspecified atom stereocenters. The first kappa shape index (κ1) is 36.0. The lowest BCUT2D eigenvalue weighted by Gasteiger charge is -2.28. The molecule has 0 fully saturated rings. The Morgan fingerprint density at radius 3 is 1.93 bits per heavy atom. The van der Waals surface area contributed by atoms with E-state index in [1.165, 1.54) is 0 Å². The molecule has 0 saturated carbocycles. The number of carboxylic acids is 2. The number of carboxylic acid groups (broad SMARTS) is 2. The first-order chi connectivity index (χ1) is 18.6. The molecule has 0 rings (SSSR count). The summed E-state index contributed by atoms with van der Waals surface area (Å²) in [4.78, 5) is 77.2. The monoisotopic (exact) mass is 572 g/mol. The van der Waals surface area contributed by atoms with Crippen LogP contribution in [0.4, 0.5) is 0 Å². The van der Waals surface area contributed by atoms with E-state index in [1.54, 1.807) is 13.8 Å². The zero-order valence-electron chi connectivity index (χ0n) is 23.4. The van der Waals surface area contributed by atoms with Crippen LogP contribution in [0.3, 0.4) is 0 Å². The summed E-state index contributed by atoms with van der Waals surface area (Å²) in [5.41, 5.74) is 16.2. The lowest BCUT2D eigenvalue weighted by molar-refractivity contribution is -0.140. The largest absolute Gasteiger partial charge is 0.481 e. The van der Waals surface area contributed by atoms with Gasteiger partial charge in [-0.05, 0) is 31.1 Å². The number of nitrogens with one attached hydrogen (secondary N) is 4. The third-order valence-corrected chi connectivity index (χ3v) is 5.86. The highest BCUT2D eigenvalue weighted by atomic mass is 16.4. The number of carbonyl (C=O) groups excluding carboxylic acids is 4. The van der Waals surface area contributed by atoms with Gasteiger partial charge >= 0.3 is 11.9 Å². The van der Waals surface area contributed by atoms with Gasteiger partial charge in [0.05, 0.1) is 12.5 Å². The van der Waals surface area contributed by atoms with Crippen molar-refractivity contribution in [2.24, 2.45) is 34.0 Å². The Morgan fingerprint density at radius 1 is 0.825 bits per heavy atom. The predicted molar refractivity (Wildman–Crippen MR) is 145 cm³/mol. The summed E-state index contributed by atoms with van der Waals surface area (Å²) >= 11 is 0. The van der Waals surface area contributed by atoms with Crippen molar-refractivity contribution < 1.29 is 39.0 Å². The quantitative estimate of drug-likeness (QED) is 0.0446. The van der Waals surface area contributed by atoms with Crippen molar-refractivity contribution in [2.45, 2.75) is 84.0 Å². The van der Waals surface area contributed by atoms with Crippen molar-refractivity contribution in [1.29, 1.82) is 0 Å². The predicted octanol–water partition coefficient (Wildman–Crippen LogP) is -2.41. The lowest BCUT2D eigenvalue weighted by Crippen LogP contribution is -2.59. The fourth-order valence-corrected chi connectivity index (χ4v) is 3.54. The standard InChI is InChI=1S/C24H44N8O8/c1-5-13(4)19(32-20(37)14(25)10-17(33)34)23(40)31-16(9-12(2)3)22(39)30-15(7-6-8-28-24(26)27)21(38)29-11-18(35)36/h12-16,19H,5-11,25H2,1-4H3,(H,29,38)(H,30,39)(H,31,40)(H,32,37)(H,33,34)(H,35,36)(H4,26,27,28)/t13-,14-,15-,16-,19-/m0/s1. The van der Waals surface area contributed by atoms with Gasteiger partial charge in [-0.1, -0.05) is 34.1 Å². The Labute approximate surface area is 233 Å². The SMILES string of the molecule is CC[C@H](C)[C@H](NC(=O)[C@@H](N)CC(=O)O)C(=O)N[C@@H](CC(C)C)C(=O)N[C@@H](CCCN=C(N)N)C(=O)NCC(=O)O. The maximum Gasteiger partial charge on any atom is 0.322 e. The molecule has 0 aliphatic carbocycles. The van der Waals surface area contributed by atoms with E-state index in [-0.39, 0.29) is 37.7 Å². The molecule has 5 atom stereocenters. The third-order valence-electron chi connectivity index (χ3n) is 5.86. The average molecular weight is 573 g/mol. The molecule has 40 heavy (non-hydrogen) atoms. The van der Waals surface area contributed by atoms with Crippen LogP contribution in [0.2, 0.25) is 0 Å². The van der Waals surface area contributed by atoms with E-state index in [9.17, 15) is 28.8 Å². The van der Waals surface area contributed by atoms with Crippen LogP contribution in [0, 0.1) is 11.8 Å². The first-order valence-corrected chi connectivity index (χ1v) is 13.0. The third kappa shape index (κ3) is 14.8. The van der Waals surface area contributed by atoms with Gasteiger partial charge in [-0.15, -0.1) is 0 Å². The van der Waals surface area contributed by atoms with Gasteiger partial charge in [0, 0.05) is 6.54 Å². The van der Waals surface area contributed by atoms with Crippen LogP contribution >= 0.6 is 0 Å². The van der Waals surface area contributed by atoms with Crippen LogP contribution in [-0.2, 0) is 28.8 Å². The summed E-state index contributed by atoms with van der Waals surface area (Å²) in [5.74, 6) is -6.13. The molecule has 0 aliphatic heterocycles. The highest BCUT2D eigenvalue weighted by molar-refractivity contribution is 5.95. The van der Waals surface area contributed by atoms with Gasteiger partial charge < -0.3 is 48.7 Å². The molecule has 0 radical (unpaired) electrons. The van der Waals surface area contributed by atoms with Crippen LogP contribution in [0.1, 0.15) is 59.8 Å². The normalized spacial score (nSPS) is 14.6. The van der Waals surface area contributed by atoms with Crippen molar-refractivity contribution in [3.8, 4) is 0 Å². The molecule has 4 amide bonds. The van der Waals surface area contributed by atoms with Crippen molar-refractivity contribution in [3.63, 3.8) is 0 Å². The fraction of sp³-hybridized carbons (Fsp3) is 0.708. The van der Waals surface area contributed by atoms with E-state index in [0.717, 1.165) is 0 Å². The first-order valence-electron chi connectivity index (χ1n) is 13.0. The molecular formula is C24H44N8O8. The number of aliphatic carboxylic acids is 2. The fourth-order valence-electron chi connectivity index (χ4n) is 3.54. The number of nitrogens with two attached hydrogens (primary N) is 3. The van der Waals surface area contributed by atoms with Gasteiger partial charge in [0.2, 0.25) is 23.6 Å². The van der Waals surface area contributed by atoms with Crippen LogP contribution in [-0.4, -0.2) is 89.0 Å². The van der Waals surface area contributed by atoms with Gasteiger partial charge in [-0.3, -0.25) is 33.8 Å². The van der Waals surface area contributed by atoms with E-state index in [2.05, 4.69) is 26.3 Å². The molecule has 0 aliphatic rings. The smallest absolute Gasteiger partial charge is 0.322 e. The summed E-state index contributed by atoms with van der Waals surface area (Å²) in [6.07, 6.45) is 0.365. The summed E-state index contributed by atoms with van der Waals surface area (Å²) in [5, 5.41) is 27.7. The average Bonchev–Trinajstić information content (AvgIpc) is 2.85. The summed E-state index contributed by atoms with van der Waals surface area (Å²) in [6, 6.07) is -4.76. The highest BCUT2D eigenvalue weighted by Gasteiger charge is 2.33. The molecule has 0 aromatic rings. The Hall–Kier alpha value is -3.95. The molecule has 228 valence electrons. The summed E-state index contributed by atoms with van der Waals surface area (Å²) in [6.45, 7) is 6.62. The number of amides is 4. The minimum atomic E-state index is -1.38. The summed E-state index contributed by atoms with van der Waals surface area (Å²) < 4.78 is 0. The minimum absolute atomic E-state index is 0.0715. The zero-order valence-corrected chi connectivity index (χ0v) is 23.4. The van der Waals surface area contributed by atoms with E-state index in [0.29, 0.717) is 6.42 Å².